The molecule has 0 amide bonds. The molecule has 6 heteroatoms. The number of carbonyl (C=O) groups excluding carboxylic acids is 1. The van der Waals surface area contributed by atoms with Gasteiger partial charge in [-0.15, -0.1) is 10.2 Å². The molecule has 5 rings (SSSR count). The van der Waals surface area contributed by atoms with Gasteiger partial charge in [-0.05, 0) is 68.9 Å². The highest BCUT2D eigenvalue weighted by Gasteiger charge is 2.52. The number of ketones is 1. The van der Waals surface area contributed by atoms with Crippen LogP contribution in [0.4, 0.5) is 8.78 Å². The van der Waals surface area contributed by atoms with Crippen LogP contribution in [0.1, 0.15) is 105 Å². The standard InChI is InChI=1S/C28H37F2N3O/c1-16(2)9-19-11-21(12-19)26-31-32-27(33(26)22-7-8-22)24-15-28(29,30)14-23(24)25(34)13-20-6-5-17(3)10-18(20)4/h5-6,10,16,19,21-24H,7-9,11-15H2,1-4H3/t19?,21?,23-,24-/m1/s1. The van der Waals surface area contributed by atoms with Crippen molar-refractivity contribution >= 4 is 5.78 Å². The molecule has 34 heavy (non-hydrogen) atoms. The normalized spacial score (nSPS) is 28.3. The molecule has 0 radical (unpaired) electrons. The van der Waals surface area contributed by atoms with Crippen molar-refractivity contribution in [3.8, 4) is 0 Å². The Hall–Kier alpha value is -2.11. The van der Waals surface area contributed by atoms with E-state index in [9.17, 15) is 13.6 Å². The summed E-state index contributed by atoms with van der Waals surface area (Å²) in [5, 5.41) is 9.07. The molecule has 184 valence electrons. The molecular formula is C28H37F2N3O. The zero-order chi connectivity index (χ0) is 24.2. The molecule has 3 saturated carbocycles. The average molecular weight is 470 g/mol. The van der Waals surface area contributed by atoms with E-state index >= 15 is 0 Å². The zero-order valence-corrected chi connectivity index (χ0v) is 20.9. The van der Waals surface area contributed by atoms with Gasteiger partial charge in [0.1, 0.15) is 17.4 Å². The maximum Gasteiger partial charge on any atom is 0.249 e. The monoisotopic (exact) mass is 469 g/mol. The van der Waals surface area contributed by atoms with Crippen molar-refractivity contribution in [2.75, 3.05) is 0 Å². The molecule has 1 heterocycles. The van der Waals surface area contributed by atoms with Crippen LogP contribution in [-0.2, 0) is 11.2 Å². The predicted octanol–water partition coefficient (Wildman–Crippen LogP) is 6.71. The lowest BCUT2D eigenvalue weighted by Crippen LogP contribution is -2.27. The Labute approximate surface area is 201 Å². The molecule has 0 spiro atoms. The number of carbonyl (C=O) groups is 1. The van der Waals surface area contributed by atoms with Crippen molar-refractivity contribution in [1.29, 1.82) is 0 Å². The Morgan fingerprint density at radius 3 is 2.47 bits per heavy atom. The SMILES string of the molecule is Cc1ccc(CC(=O)[C@@H]2CC(F)(F)C[C@H]2c2nnc(C3CC(CC(C)C)C3)n2C2CC2)c(C)c1. The van der Waals surface area contributed by atoms with Crippen LogP contribution in [0.25, 0.3) is 0 Å². The van der Waals surface area contributed by atoms with Crippen LogP contribution in [0.5, 0.6) is 0 Å². The summed E-state index contributed by atoms with van der Waals surface area (Å²) in [6, 6.07) is 6.30. The average Bonchev–Trinajstić information content (AvgIpc) is 3.38. The number of aromatic nitrogens is 3. The Balaban J connectivity index is 1.39. The molecule has 0 N–H and O–H groups in total. The summed E-state index contributed by atoms with van der Waals surface area (Å²) in [5.74, 6) is -0.796. The maximum absolute atomic E-state index is 14.7. The van der Waals surface area contributed by atoms with Gasteiger partial charge in [0.2, 0.25) is 5.92 Å². The largest absolute Gasteiger partial charge is 0.311 e. The van der Waals surface area contributed by atoms with Gasteiger partial charge in [-0.1, -0.05) is 37.6 Å². The Morgan fingerprint density at radius 1 is 1.12 bits per heavy atom. The maximum atomic E-state index is 14.7. The second kappa shape index (κ2) is 8.83. The first-order chi connectivity index (χ1) is 16.1. The van der Waals surface area contributed by atoms with Crippen LogP contribution in [0, 0.1) is 31.6 Å². The van der Waals surface area contributed by atoms with Gasteiger partial charge in [-0.2, -0.15) is 0 Å². The number of benzene rings is 1. The molecule has 0 bridgehead atoms. The van der Waals surface area contributed by atoms with Crippen LogP contribution in [0.3, 0.4) is 0 Å². The fourth-order valence-electron chi connectivity index (χ4n) is 6.34. The number of halogens is 2. The molecule has 1 aromatic carbocycles. The van der Waals surface area contributed by atoms with E-state index in [2.05, 4.69) is 28.6 Å². The predicted molar refractivity (Wildman–Crippen MR) is 128 cm³/mol. The highest BCUT2D eigenvalue weighted by Crippen LogP contribution is 2.52. The molecule has 4 nitrogen and oxygen atoms in total. The molecule has 1 aromatic heterocycles. The minimum Gasteiger partial charge on any atom is -0.311 e. The van der Waals surface area contributed by atoms with Crippen LogP contribution in [-0.4, -0.2) is 26.5 Å². The minimum atomic E-state index is -2.84. The number of aryl methyl sites for hydroxylation is 2. The minimum absolute atomic E-state index is 0.0957. The van der Waals surface area contributed by atoms with E-state index in [1.165, 1.54) is 6.42 Å². The van der Waals surface area contributed by atoms with Gasteiger partial charge in [-0.25, -0.2) is 8.78 Å². The molecule has 2 aromatic rings. The quantitative estimate of drug-likeness (QED) is 0.432. The second-order valence-electron chi connectivity index (χ2n) is 11.7. The van der Waals surface area contributed by atoms with E-state index in [1.807, 2.05) is 32.0 Å². The van der Waals surface area contributed by atoms with E-state index in [1.54, 1.807) is 0 Å². The Kier molecular flexibility index (Phi) is 6.14. The highest BCUT2D eigenvalue weighted by molar-refractivity contribution is 5.85. The Bertz CT molecular complexity index is 1070. The molecule has 0 aliphatic heterocycles. The van der Waals surface area contributed by atoms with Crippen molar-refractivity contribution in [2.45, 2.75) is 103 Å². The van der Waals surface area contributed by atoms with Crippen LogP contribution in [0.15, 0.2) is 18.2 Å². The van der Waals surface area contributed by atoms with Crippen molar-refractivity contribution in [2.24, 2.45) is 17.8 Å². The summed E-state index contributed by atoms with van der Waals surface area (Å²) in [7, 11) is 0. The third-order valence-corrected chi connectivity index (χ3v) is 8.20. The van der Waals surface area contributed by atoms with Gasteiger partial charge in [0.15, 0.2) is 0 Å². The van der Waals surface area contributed by atoms with Crippen molar-refractivity contribution < 1.29 is 13.6 Å². The molecule has 2 atom stereocenters. The number of hydrogen-bond donors (Lipinski definition) is 0. The van der Waals surface area contributed by atoms with E-state index in [4.69, 9.17) is 0 Å². The van der Waals surface area contributed by atoms with E-state index < -0.39 is 17.8 Å². The highest BCUT2D eigenvalue weighted by atomic mass is 19.3. The lowest BCUT2D eigenvalue weighted by molar-refractivity contribution is -0.123. The zero-order valence-electron chi connectivity index (χ0n) is 20.9. The summed E-state index contributed by atoms with van der Waals surface area (Å²) in [6.07, 6.45) is 5.06. The Morgan fingerprint density at radius 2 is 1.82 bits per heavy atom. The molecule has 3 aliphatic rings. The number of hydrogen-bond acceptors (Lipinski definition) is 3. The summed E-state index contributed by atoms with van der Waals surface area (Å²) in [5.41, 5.74) is 3.11. The van der Waals surface area contributed by atoms with E-state index in [0.717, 1.165) is 54.1 Å². The molecule has 3 fully saturated rings. The lowest BCUT2D eigenvalue weighted by atomic mass is 9.71. The van der Waals surface area contributed by atoms with Gasteiger partial charge < -0.3 is 4.57 Å². The van der Waals surface area contributed by atoms with Gasteiger partial charge in [0.25, 0.3) is 0 Å². The van der Waals surface area contributed by atoms with Crippen LogP contribution >= 0.6 is 0 Å². The molecule has 0 saturated heterocycles. The summed E-state index contributed by atoms with van der Waals surface area (Å²) in [6.45, 7) is 8.51. The van der Waals surface area contributed by atoms with Crippen molar-refractivity contribution in [3.05, 3.63) is 46.5 Å². The van der Waals surface area contributed by atoms with Gasteiger partial charge in [-0.3, -0.25) is 4.79 Å². The first-order valence-corrected chi connectivity index (χ1v) is 13.0. The van der Waals surface area contributed by atoms with Gasteiger partial charge in [0, 0.05) is 43.1 Å². The van der Waals surface area contributed by atoms with E-state index in [0.29, 0.717) is 23.7 Å². The van der Waals surface area contributed by atoms with Gasteiger partial charge in [0.05, 0.1) is 0 Å². The van der Waals surface area contributed by atoms with Crippen molar-refractivity contribution in [1.82, 2.24) is 14.8 Å². The third kappa shape index (κ3) is 4.70. The third-order valence-electron chi connectivity index (χ3n) is 8.20. The van der Waals surface area contributed by atoms with Crippen LogP contribution < -0.4 is 0 Å². The number of Topliss-reactive ketones (excluding diaryl/α,β-unsaturated/α-hetero) is 1. The second-order valence-corrected chi connectivity index (χ2v) is 11.7. The van der Waals surface area contributed by atoms with Crippen molar-refractivity contribution in [3.63, 3.8) is 0 Å². The molecule has 0 unspecified atom stereocenters. The van der Waals surface area contributed by atoms with E-state index in [-0.39, 0.29) is 25.0 Å². The smallest absolute Gasteiger partial charge is 0.249 e. The molecule has 3 aliphatic carbocycles. The topological polar surface area (TPSA) is 47.8 Å². The van der Waals surface area contributed by atoms with Gasteiger partial charge >= 0.3 is 0 Å². The first kappa shape index (κ1) is 23.6. The fraction of sp³-hybridized carbons (Fsp3) is 0.679. The lowest BCUT2D eigenvalue weighted by Gasteiger charge is -2.36. The summed E-state index contributed by atoms with van der Waals surface area (Å²) in [4.78, 5) is 13.4. The van der Waals surface area contributed by atoms with Crippen LogP contribution in [0.2, 0.25) is 0 Å². The molecular weight excluding hydrogens is 432 g/mol. The fourth-order valence-corrected chi connectivity index (χ4v) is 6.34. The number of nitrogens with zero attached hydrogens (tertiary/aromatic N) is 3. The summed E-state index contributed by atoms with van der Waals surface area (Å²) >= 11 is 0. The number of rotatable bonds is 8. The first-order valence-electron chi connectivity index (χ1n) is 13.0. The summed E-state index contributed by atoms with van der Waals surface area (Å²) < 4.78 is 31.6. The number of alkyl halides is 2.